The number of nitrogens with one attached hydrogen (secondary N) is 2. The molecule has 1 aromatic heterocycles. The lowest BCUT2D eigenvalue weighted by Gasteiger charge is -2.03. The minimum atomic E-state index is 0.0146. The molecule has 0 bridgehead atoms. The van der Waals surface area contributed by atoms with Crippen molar-refractivity contribution in [3.8, 4) is 0 Å². The second kappa shape index (κ2) is 6.13. The Labute approximate surface area is 89.0 Å². The Kier molecular flexibility index (Phi) is 4.76. The molecule has 0 aliphatic heterocycles. The summed E-state index contributed by atoms with van der Waals surface area (Å²) in [5.41, 5.74) is 0.834. The number of carbonyl (C=O) groups excluding carboxylic acids is 1. The third-order valence-electron chi connectivity index (χ3n) is 1.81. The molecule has 0 saturated heterocycles. The first-order valence-electron chi connectivity index (χ1n) is 5.05. The van der Waals surface area contributed by atoms with E-state index in [0.717, 1.165) is 18.7 Å². The van der Waals surface area contributed by atoms with Crippen molar-refractivity contribution in [2.45, 2.75) is 19.9 Å². The molecule has 0 saturated carbocycles. The van der Waals surface area contributed by atoms with E-state index in [-0.39, 0.29) is 5.91 Å². The summed E-state index contributed by atoms with van der Waals surface area (Å²) in [5, 5.41) is 13.5. The molecule has 0 aromatic carbocycles. The summed E-state index contributed by atoms with van der Waals surface area (Å²) in [4.78, 5) is 11.2. The first kappa shape index (κ1) is 11.6. The Bertz CT molecular complexity index is 309. The summed E-state index contributed by atoms with van der Waals surface area (Å²) >= 11 is 0. The molecule has 1 aromatic rings. The minimum absolute atomic E-state index is 0.0146. The maximum atomic E-state index is 11.2. The highest BCUT2D eigenvalue weighted by molar-refractivity contribution is 5.77. The van der Waals surface area contributed by atoms with Gasteiger partial charge in [0.15, 0.2) is 0 Å². The predicted octanol–water partition coefficient (Wildman–Crippen LogP) is -0.569. The monoisotopic (exact) mass is 211 g/mol. The second-order valence-electron chi connectivity index (χ2n) is 3.34. The largest absolute Gasteiger partial charge is 0.355 e. The van der Waals surface area contributed by atoms with Crippen molar-refractivity contribution >= 4 is 5.91 Å². The highest BCUT2D eigenvalue weighted by Crippen LogP contribution is 1.88. The molecule has 15 heavy (non-hydrogen) atoms. The Morgan fingerprint density at radius 3 is 3.00 bits per heavy atom. The molecule has 0 aliphatic carbocycles. The summed E-state index contributed by atoms with van der Waals surface area (Å²) in [7, 11) is 1.81. The molecule has 6 heteroatoms. The van der Waals surface area contributed by atoms with Gasteiger partial charge in [-0.3, -0.25) is 9.48 Å². The van der Waals surface area contributed by atoms with Crippen LogP contribution >= 0.6 is 0 Å². The SMILES string of the molecule is CCCNC(=O)CNCc1cn(C)nn1. The maximum absolute atomic E-state index is 11.2. The van der Waals surface area contributed by atoms with Crippen molar-refractivity contribution in [1.29, 1.82) is 0 Å². The van der Waals surface area contributed by atoms with Crippen molar-refractivity contribution in [2.75, 3.05) is 13.1 Å². The van der Waals surface area contributed by atoms with E-state index in [0.29, 0.717) is 13.1 Å². The molecule has 6 nitrogen and oxygen atoms in total. The van der Waals surface area contributed by atoms with Gasteiger partial charge in [-0.25, -0.2) is 0 Å². The van der Waals surface area contributed by atoms with Crippen LogP contribution in [0.1, 0.15) is 19.0 Å². The highest BCUT2D eigenvalue weighted by Gasteiger charge is 2.01. The van der Waals surface area contributed by atoms with E-state index in [2.05, 4.69) is 20.9 Å². The molecule has 0 radical (unpaired) electrons. The van der Waals surface area contributed by atoms with E-state index >= 15 is 0 Å². The molecule has 0 fully saturated rings. The molecule has 1 heterocycles. The lowest BCUT2D eigenvalue weighted by Crippen LogP contribution is -2.33. The van der Waals surface area contributed by atoms with Gasteiger partial charge < -0.3 is 10.6 Å². The molecule has 0 aliphatic rings. The number of hydrogen-bond donors (Lipinski definition) is 2. The number of amides is 1. The number of aryl methyl sites for hydroxylation is 1. The van der Waals surface area contributed by atoms with Gasteiger partial charge in [-0.1, -0.05) is 12.1 Å². The summed E-state index contributed by atoms with van der Waals surface area (Å²) in [6.45, 7) is 3.63. The van der Waals surface area contributed by atoms with Gasteiger partial charge in [0.2, 0.25) is 5.91 Å². The van der Waals surface area contributed by atoms with Crippen molar-refractivity contribution < 1.29 is 4.79 Å². The van der Waals surface area contributed by atoms with Gasteiger partial charge in [0.1, 0.15) is 0 Å². The third-order valence-corrected chi connectivity index (χ3v) is 1.81. The van der Waals surface area contributed by atoms with E-state index in [1.54, 1.807) is 4.68 Å². The average Bonchev–Trinajstić information content (AvgIpc) is 2.61. The van der Waals surface area contributed by atoms with Gasteiger partial charge in [0, 0.05) is 26.3 Å². The van der Waals surface area contributed by atoms with E-state index in [4.69, 9.17) is 0 Å². The van der Waals surface area contributed by atoms with Crippen molar-refractivity contribution in [2.24, 2.45) is 7.05 Å². The zero-order valence-electron chi connectivity index (χ0n) is 9.16. The molecular formula is C9H17N5O. The number of rotatable bonds is 6. The molecular weight excluding hydrogens is 194 g/mol. The van der Waals surface area contributed by atoms with Crippen LogP contribution in [0.25, 0.3) is 0 Å². The Morgan fingerprint density at radius 1 is 1.60 bits per heavy atom. The molecule has 0 spiro atoms. The molecule has 2 N–H and O–H groups in total. The molecule has 1 amide bonds. The topological polar surface area (TPSA) is 71.8 Å². The highest BCUT2D eigenvalue weighted by atomic mass is 16.1. The van der Waals surface area contributed by atoms with Crippen LogP contribution in [0.5, 0.6) is 0 Å². The van der Waals surface area contributed by atoms with E-state index < -0.39 is 0 Å². The molecule has 0 atom stereocenters. The number of carbonyl (C=O) groups is 1. The Morgan fingerprint density at radius 2 is 2.40 bits per heavy atom. The first-order valence-corrected chi connectivity index (χ1v) is 5.05. The Hall–Kier alpha value is -1.43. The maximum Gasteiger partial charge on any atom is 0.233 e. The fraction of sp³-hybridized carbons (Fsp3) is 0.667. The van der Waals surface area contributed by atoms with E-state index in [1.807, 2.05) is 20.2 Å². The Balaban J connectivity index is 2.13. The number of aromatic nitrogens is 3. The van der Waals surface area contributed by atoms with Crippen LogP contribution in [0.4, 0.5) is 0 Å². The van der Waals surface area contributed by atoms with Crippen molar-refractivity contribution in [3.63, 3.8) is 0 Å². The number of hydrogen-bond acceptors (Lipinski definition) is 4. The quantitative estimate of drug-likeness (QED) is 0.661. The summed E-state index contributed by atoms with van der Waals surface area (Å²) < 4.78 is 1.63. The van der Waals surface area contributed by atoms with Crippen LogP contribution < -0.4 is 10.6 Å². The van der Waals surface area contributed by atoms with Crippen LogP contribution in [-0.2, 0) is 18.4 Å². The van der Waals surface area contributed by atoms with Crippen LogP contribution in [0, 0.1) is 0 Å². The standard InChI is InChI=1S/C9H17N5O/c1-3-4-11-9(15)6-10-5-8-7-14(2)13-12-8/h7,10H,3-6H2,1-2H3,(H,11,15). The zero-order valence-corrected chi connectivity index (χ0v) is 9.16. The normalized spacial score (nSPS) is 10.3. The van der Waals surface area contributed by atoms with Crippen LogP contribution in [0.2, 0.25) is 0 Å². The summed E-state index contributed by atoms with van der Waals surface area (Å²) in [6.07, 6.45) is 2.77. The third kappa shape index (κ3) is 4.55. The van der Waals surface area contributed by atoms with Crippen LogP contribution in [0.3, 0.4) is 0 Å². The van der Waals surface area contributed by atoms with Gasteiger partial charge >= 0.3 is 0 Å². The molecule has 1 rings (SSSR count). The average molecular weight is 211 g/mol. The smallest absolute Gasteiger partial charge is 0.233 e. The van der Waals surface area contributed by atoms with E-state index in [9.17, 15) is 4.79 Å². The van der Waals surface area contributed by atoms with Crippen molar-refractivity contribution in [1.82, 2.24) is 25.6 Å². The molecule has 84 valence electrons. The van der Waals surface area contributed by atoms with Crippen molar-refractivity contribution in [3.05, 3.63) is 11.9 Å². The predicted molar refractivity (Wildman–Crippen MR) is 56.0 cm³/mol. The van der Waals surface area contributed by atoms with Gasteiger partial charge in [-0.15, -0.1) is 5.10 Å². The van der Waals surface area contributed by atoms with Gasteiger partial charge in [0.25, 0.3) is 0 Å². The van der Waals surface area contributed by atoms with Crippen LogP contribution in [-0.4, -0.2) is 34.0 Å². The summed E-state index contributed by atoms with van der Waals surface area (Å²) in [6, 6.07) is 0. The summed E-state index contributed by atoms with van der Waals surface area (Å²) in [5.74, 6) is 0.0146. The van der Waals surface area contributed by atoms with Gasteiger partial charge in [-0.05, 0) is 6.42 Å². The first-order chi connectivity index (χ1) is 7.22. The second-order valence-corrected chi connectivity index (χ2v) is 3.34. The van der Waals surface area contributed by atoms with E-state index in [1.165, 1.54) is 0 Å². The lowest BCUT2D eigenvalue weighted by molar-refractivity contribution is -0.120. The fourth-order valence-electron chi connectivity index (χ4n) is 1.11. The zero-order chi connectivity index (χ0) is 11.1. The van der Waals surface area contributed by atoms with Crippen LogP contribution in [0.15, 0.2) is 6.20 Å². The lowest BCUT2D eigenvalue weighted by atomic mass is 10.4. The van der Waals surface area contributed by atoms with Gasteiger partial charge in [0.05, 0.1) is 12.2 Å². The fourth-order valence-corrected chi connectivity index (χ4v) is 1.11. The number of nitrogens with zero attached hydrogens (tertiary/aromatic N) is 3. The molecule has 0 unspecified atom stereocenters. The minimum Gasteiger partial charge on any atom is -0.355 e. The van der Waals surface area contributed by atoms with Gasteiger partial charge in [-0.2, -0.15) is 0 Å².